The third kappa shape index (κ3) is 5.97. The van der Waals surface area contributed by atoms with E-state index < -0.39 is 12.2 Å². The minimum absolute atomic E-state index is 0.0194. The van der Waals surface area contributed by atoms with Crippen LogP contribution in [0.4, 0.5) is 4.79 Å². The number of hydrogen-bond acceptors (Lipinski definition) is 3. The van der Waals surface area contributed by atoms with Gasteiger partial charge in [-0.3, -0.25) is 0 Å². The normalized spacial score (nSPS) is 12.8. The molecule has 74 valence electrons. The zero-order valence-electron chi connectivity index (χ0n) is 8.55. The first-order valence-electron chi connectivity index (χ1n) is 4.17. The quantitative estimate of drug-likeness (QED) is 0.710. The van der Waals surface area contributed by atoms with Crippen LogP contribution < -0.4 is 5.32 Å². The first-order valence-corrected chi connectivity index (χ1v) is 4.17. The van der Waals surface area contributed by atoms with Gasteiger partial charge < -0.3 is 10.1 Å². The van der Waals surface area contributed by atoms with E-state index in [2.05, 4.69) is 5.32 Å². The summed E-state index contributed by atoms with van der Waals surface area (Å²) >= 11 is 0. The molecule has 0 rings (SSSR count). The Balaban J connectivity index is 4.07. The van der Waals surface area contributed by atoms with Gasteiger partial charge in [-0.25, -0.2) is 4.79 Å². The maximum Gasteiger partial charge on any atom is 0.408 e. The molecule has 13 heavy (non-hydrogen) atoms. The summed E-state index contributed by atoms with van der Waals surface area (Å²) in [6.07, 6.45) is -0.688. The molecule has 0 aromatic heterocycles. The summed E-state index contributed by atoms with van der Waals surface area (Å²) in [5.41, 5.74) is -0.0194. The number of nitrogens with one attached hydrogen (secondary N) is 1. The van der Waals surface area contributed by atoms with Crippen LogP contribution in [0.1, 0.15) is 27.2 Å². The Labute approximate surface area is 78.9 Å². The molecule has 1 amide bonds. The van der Waals surface area contributed by atoms with Crippen molar-refractivity contribution in [2.24, 2.45) is 5.41 Å². The van der Waals surface area contributed by atoms with E-state index in [0.717, 1.165) is 0 Å². The van der Waals surface area contributed by atoms with Gasteiger partial charge in [0.1, 0.15) is 6.07 Å². The van der Waals surface area contributed by atoms with Gasteiger partial charge in [-0.1, -0.05) is 20.8 Å². The van der Waals surface area contributed by atoms with Gasteiger partial charge in [-0.2, -0.15) is 5.26 Å². The predicted molar refractivity (Wildman–Crippen MR) is 49.0 cm³/mol. The molecule has 0 radical (unpaired) electrons. The molecule has 4 heteroatoms. The maximum absolute atomic E-state index is 10.8. The Morgan fingerprint density at radius 1 is 1.62 bits per heavy atom. The lowest BCUT2D eigenvalue weighted by Crippen LogP contribution is -2.28. The van der Waals surface area contributed by atoms with E-state index in [9.17, 15) is 4.79 Å². The zero-order chi connectivity index (χ0) is 10.5. The third-order valence-electron chi connectivity index (χ3n) is 1.40. The highest BCUT2D eigenvalue weighted by atomic mass is 16.6. The molecule has 0 aliphatic carbocycles. The van der Waals surface area contributed by atoms with E-state index in [0.29, 0.717) is 6.42 Å². The molecule has 0 aliphatic heterocycles. The predicted octanol–water partition coefficient (Wildman–Crippen LogP) is 1.67. The molecule has 0 aliphatic rings. The van der Waals surface area contributed by atoms with Crippen molar-refractivity contribution in [2.75, 3.05) is 7.05 Å². The molecule has 1 N–H and O–H groups in total. The van der Waals surface area contributed by atoms with E-state index in [1.807, 2.05) is 26.8 Å². The maximum atomic E-state index is 10.8. The van der Waals surface area contributed by atoms with Crippen molar-refractivity contribution in [1.29, 1.82) is 5.26 Å². The Hall–Kier alpha value is -1.24. The number of rotatable bonds is 2. The molecule has 1 atom stereocenters. The molecule has 0 spiro atoms. The highest BCUT2D eigenvalue weighted by Gasteiger charge is 2.21. The van der Waals surface area contributed by atoms with Crippen molar-refractivity contribution in [3.63, 3.8) is 0 Å². The Kier molecular flexibility index (Phi) is 4.26. The summed E-state index contributed by atoms with van der Waals surface area (Å²) in [6, 6.07) is 1.94. The third-order valence-corrected chi connectivity index (χ3v) is 1.40. The molecule has 4 nitrogen and oxygen atoms in total. The zero-order valence-corrected chi connectivity index (χ0v) is 8.55. The van der Waals surface area contributed by atoms with E-state index in [1.165, 1.54) is 7.05 Å². The van der Waals surface area contributed by atoms with Crippen LogP contribution in [0.2, 0.25) is 0 Å². The van der Waals surface area contributed by atoms with Crippen LogP contribution in [0, 0.1) is 16.7 Å². The summed E-state index contributed by atoms with van der Waals surface area (Å²) in [6.45, 7) is 5.97. The van der Waals surface area contributed by atoms with E-state index in [4.69, 9.17) is 10.00 Å². The number of amides is 1. The number of nitrogens with zero attached hydrogens (tertiary/aromatic N) is 1. The first kappa shape index (κ1) is 11.8. The van der Waals surface area contributed by atoms with Gasteiger partial charge in [0, 0.05) is 13.5 Å². The molecule has 0 aromatic rings. The standard InChI is InChI=1S/C9H16N2O2/c1-9(2,3)5-7(6-10)13-8(12)11-4/h7H,5H2,1-4H3,(H,11,12). The summed E-state index contributed by atoms with van der Waals surface area (Å²) in [7, 11) is 1.47. The minimum Gasteiger partial charge on any atom is -0.431 e. The average Bonchev–Trinajstić information content (AvgIpc) is 2.00. The minimum atomic E-state index is -0.667. The summed E-state index contributed by atoms with van der Waals surface area (Å²) in [5, 5.41) is 11.0. The number of nitriles is 1. The second-order valence-corrected chi connectivity index (χ2v) is 4.04. The molecule has 0 bridgehead atoms. The molecular weight excluding hydrogens is 168 g/mol. The van der Waals surface area contributed by atoms with Gasteiger partial charge in [0.25, 0.3) is 0 Å². The van der Waals surface area contributed by atoms with Crippen molar-refractivity contribution < 1.29 is 9.53 Å². The second kappa shape index (κ2) is 4.70. The fourth-order valence-electron chi connectivity index (χ4n) is 0.858. The van der Waals surface area contributed by atoms with Gasteiger partial charge in [0.05, 0.1) is 0 Å². The average molecular weight is 184 g/mol. The molecule has 0 fully saturated rings. The summed E-state index contributed by atoms with van der Waals surface area (Å²) < 4.78 is 4.81. The Morgan fingerprint density at radius 2 is 2.15 bits per heavy atom. The van der Waals surface area contributed by atoms with Crippen LogP contribution in [-0.4, -0.2) is 19.2 Å². The van der Waals surface area contributed by atoms with Gasteiger partial charge >= 0.3 is 6.09 Å². The van der Waals surface area contributed by atoms with Gasteiger partial charge in [-0.05, 0) is 5.41 Å². The largest absolute Gasteiger partial charge is 0.431 e. The smallest absolute Gasteiger partial charge is 0.408 e. The van der Waals surface area contributed by atoms with Crippen molar-refractivity contribution in [1.82, 2.24) is 5.32 Å². The second-order valence-electron chi connectivity index (χ2n) is 4.04. The van der Waals surface area contributed by atoms with Crippen molar-refractivity contribution >= 4 is 6.09 Å². The topological polar surface area (TPSA) is 62.1 Å². The van der Waals surface area contributed by atoms with Crippen LogP contribution >= 0.6 is 0 Å². The fraction of sp³-hybridized carbons (Fsp3) is 0.778. The molecule has 1 unspecified atom stereocenters. The number of carbonyl (C=O) groups is 1. The molecule has 0 aromatic carbocycles. The lowest BCUT2D eigenvalue weighted by atomic mass is 9.89. The molecule has 0 saturated carbocycles. The van der Waals surface area contributed by atoms with Gasteiger partial charge in [0.2, 0.25) is 0 Å². The number of alkyl carbamates (subject to hydrolysis) is 1. The summed E-state index contributed by atoms with van der Waals surface area (Å²) in [5.74, 6) is 0. The van der Waals surface area contributed by atoms with E-state index in [1.54, 1.807) is 0 Å². The van der Waals surface area contributed by atoms with Crippen molar-refractivity contribution in [3.05, 3.63) is 0 Å². The van der Waals surface area contributed by atoms with Crippen LogP contribution in [0.5, 0.6) is 0 Å². The van der Waals surface area contributed by atoms with Gasteiger partial charge in [0.15, 0.2) is 6.10 Å². The number of ether oxygens (including phenoxy) is 1. The van der Waals surface area contributed by atoms with Crippen LogP contribution in [0.25, 0.3) is 0 Å². The first-order chi connectivity index (χ1) is 5.89. The summed E-state index contributed by atoms with van der Waals surface area (Å²) in [4.78, 5) is 10.8. The lowest BCUT2D eigenvalue weighted by molar-refractivity contribution is 0.102. The number of hydrogen-bond donors (Lipinski definition) is 1. The lowest BCUT2D eigenvalue weighted by Gasteiger charge is -2.21. The molecule has 0 heterocycles. The fourth-order valence-corrected chi connectivity index (χ4v) is 0.858. The van der Waals surface area contributed by atoms with Crippen LogP contribution in [-0.2, 0) is 4.74 Å². The van der Waals surface area contributed by atoms with E-state index >= 15 is 0 Å². The van der Waals surface area contributed by atoms with Crippen LogP contribution in [0.15, 0.2) is 0 Å². The monoisotopic (exact) mass is 184 g/mol. The Bertz CT molecular complexity index is 213. The SMILES string of the molecule is CNC(=O)OC(C#N)CC(C)(C)C. The van der Waals surface area contributed by atoms with Crippen molar-refractivity contribution in [3.8, 4) is 6.07 Å². The highest BCUT2D eigenvalue weighted by molar-refractivity contribution is 5.67. The van der Waals surface area contributed by atoms with Crippen molar-refractivity contribution in [2.45, 2.75) is 33.3 Å². The highest BCUT2D eigenvalue weighted by Crippen LogP contribution is 2.21. The Morgan fingerprint density at radius 3 is 2.46 bits per heavy atom. The molecular formula is C9H16N2O2. The van der Waals surface area contributed by atoms with Gasteiger partial charge in [-0.15, -0.1) is 0 Å². The molecule has 0 saturated heterocycles. The van der Waals surface area contributed by atoms with Crippen LogP contribution in [0.3, 0.4) is 0 Å². The van der Waals surface area contributed by atoms with E-state index in [-0.39, 0.29) is 5.41 Å². The number of carbonyl (C=O) groups excluding carboxylic acids is 1.